The number of nitrogens with zero attached hydrogens (tertiary/aromatic N) is 3. The molecule has 0 aromatic heterocycles. The van der Waals surface area contributed by atoms with E-state index in [2.05, 4.69) is 14.7 Å². The number of methoxy groups -OCH3 is 1. The van der Waals surface area contributed by atoms with Crippen molar-refractivity contribution in [3.05, 3.63) is 18.2 Å². The van der Waals surface area contributed by atoms with Gasteiger partial charge in [0.05, 0.1) is 24.7 Å². The van der Waals surface area contributed by atoms with Crippen molar-refractivity contribution >= 4 is 33.3 Å². The summed E-state index contributed by atoms with van der Waals surface area (Å²) in [5.74, 6) is 0.836. The average molecular weight is 380 g/mol. The van der Waals surface area contributed by atoms with Crippen LogP contribution in [0.5, 0.6) is 5.75 Å². The van der Waals surface area contributed by atoms with Gasteiger partial charge in [-0.1, -0.05) is 6.42 Å². The first-order chi connectivity index (χ1) is 12.2. The Bertz CT molecular complexity index is 859. The van der Waals surface area contributed by atoms with Gasteiger partial charge in [0.1, 0.15) is 11.4 Å². The van der Waals surface area contributed by atoms with Crippen LogP contribution in [0, 0.1) is 0 Å². The number of ether oxygens (including phenoxy) is 1. The Morgan fingerprint density at radius 2 is 1.92 bits per heavy atom. The minimum atomic E-state index is -3.42. The number of rotatable bonds is 4. The molecule has 9 nitrogen and oxygen atoms in total. The van der Waals surface area contributed by atoms with Gasteiger partial charge in [-0.2, -0.15) is 4.99 Å². The lowest BCUT2D eigenvalue weighted by atomic mass is 9.87. The number of benzene rings is 1. The fraction of sp³-hybridized carbons (Fsp3) is 0.500. The molecule has 0 saturated heterocycles. The molecule has 2 aliphatic rings. The van der Waals surface area contributed by atoms with Crippen molar-refractivity contribution in [2.45, 2.75) is 37.8 Å². The number of hydrogen-bond acceptors (Lipinski definition) is 8. The Kier molecular flexibility index (Phi) is 4.70. The fourth-order valence-corrected chi connectivity index (χ4v) is 4.17. The summed E-state index contributed by atoms with van der Waals surface area (Å²) in [7, 11) is -1.94. The smallest absolute Gasteiger partial charge is 0.229 e. The molecule has 10 heteroatoms. The van der Waals surface area contributed by atoms with Crippen LogP contribution in [0.15, 0.2) is 28.2 Å². The molecule has 1 spiro atoms. The number of hydrogen-bond donors (Lipinski definition) is 3. The van der Waals surface area contributed by atoms with Crippen LogP contribution in [0.3, 0.4) is 0 Å². The Morgan fingerprint density at radius 1 is 1.23 bits per heavy atom. The lowest BCUT2D eigenvalue weighted by Crippen LogP contribution is -2.58. The SMILES string of the molecule is COc1cc(N2C(N)=NC(N)=NC23CCCCC3)ccc1NS(C)(=O)=O. The summed E-state index contributed by atoms with van der Waals surface area (Å²) < 4.78 is 30.9. The molecule has 0 bridgehead atoms. The minimum Gasteiger partial charge on any atom is -0.494 e. The van der Waals surface area contributed by atoms with E-state index in [1.165, 1.54) is 7.11 Å². The summed E-state index contributed by atoms with van der Waals surface area (Å²) in [6.45, 7) is 0. The van der Waals surface area contributed by atoms with Crippen LogP contribution in [-0.4, -0.2) is 39.4 Å². The van der Waals surface area contributed by atoms with Gasteiger partial charge in [0, 0.05) is 6.07 Å². The molecule has 26 heavy (non-hydrogen) atoms. The predicted molar refractivity (Wildman–Crippen MR) is 103 cm³/mol. The molecule has 3 rings (SSSR count). The molecule has 1 fully saturated rings. The first kappa shape index (κ1) is 18.3. The minimum absolute atomic E-state index is 0.183. The third kappa shape index (κ3) is 3.55. The molecule has 1 aliphatic heterocycles. The second-order valence-corrected chi connectivity index (χ2v) is 8.33. The van der Waals surface area contributed by atoms with Crippen molar-refractivity contribution in [3.8, 4) is 5.75 Å². The van der Waals surface area contributed by atoms with Crippen molar-refractivity contribution in [1.29, 1.82) is 0 Å². The van der Waals surface area contributed by atoms with E-state index < -0.39 is 15.7 Å². The first-order valence-electron chi connectivity index (χ1n) is 8.40. The van der Waals surface area contributed by atoms with E-state index >= 15 is 0 Å². The Labute approximate surface area is 153 Å². The van der Waals surface area contributed by atoms with Crippen LogP contribution in [0.2, 0.25) is 0 Å². The van der Waals surface area contributed by atoms with Crippen molar-refractivity contribution < 1.29 is 13.2 Å². The quantitative estimate of drug-likeness (QED) is 0.717. The maximum atomic E-state index is 11.5. The van der Waals surface area contributed by atoms with Gasteiger partial charge in [-0.3, -0.25) is 9.62 Å². The molecule has 1 aromatic carbocycles. The first-order valence-corrected chi connectivity index (χ1v) is 10.3. The van der Waals surface area contributed by atoms with E-state index in [9.17, 15) is 8.42 Å². The standard InChI is InChI=1S/C16H24N6O3S/c1-25-13-10-11(6-7-12(13)21-26(2,23)24)22-15(18)19-14(17)20-16(22)8-4-3-5-9-16/h6-7,10,21H,3-5,8-9H2,1-2H3,(H4,17,18,19,20). The highest BCUT2D eigenvalue weighted by Gasteiger charge is 2.42. The highest BCUT2D eigenvalue weighted by molar-refractivity contribution is 7.92. The zero-order valence-electron chi connectivity index (χ0n) is 14.9. The summed E-state index contributed by atoms with van der Waals surface area (Å²) in [4.78, 5) is 10.6. The molecule has 142 valence electrons. The number of sulfonamides is 1. The Balaban J connectivity index is 2.04. The largest absolute Gasteiger partial charge is 0.494 e. The van der Waals surface area contributed by atoms with Gasteiger partial charge in [-0.05, 0) is 37.8 Å². The molecule has 0 unspecified atom stereocenters. The van der Waals surface area contributed by atoms with E-state index in [1.807, 2.05) is 4.90 Å². The van der Waals surface area contributed by atoms with Crippen LogP contribution in [0.1, 0.15) is 32.1 Å². The van der Waals surface area contributed by atoms with Gasteiger partial charge in [-0.15, -0.1) is 0 Å². The zero-order valence-corrected chi connectivity index (χ0v) is 15.7. The van der Waals surface area contributed by atoms with Gasteiger partial charge in [0.25, 0.3) is 0 Å². The molecule has 0 amide bonds. The normalized spacial score (nSPS) is 19.7. The van der Waals surface area contributed by atoms with Gasteiger partial charge in [0.2, 0.25) is 21.9 Å². The maximum Gasteiger partial charge on any atom is 0.229 e. The third-order valence-electron chi connectivity index (χ3n) is 4.59. The van der Waals surface area contributed by atoms with E-state index in [4.69, 9.17) is 16.2 Å². The van der Waals surface area contributed by atoms with Crippen LogP contribution in [0.4, 0.5) is 11.4 Å². The Morgan fingerprint density at radius 3 is 2.54 bits per heavy atom. The van der Waals surface area contributed by atoms with Crippen molar-refractivity contribution in [1.82, 2.24) is 0 Å². The fourth-order valence-electron chi connectivity index (χ4n) is 3.60. The van der Waals surface area contributed by atoms with E-state index in [0.717, 1.165) is 44.0 Å². The molecule has 1 aliphatic carbocycles. The van der Waals surface area contributed by atoms with Gasteiger partial charge >= 0.3 is 0 Å². The monoisotopic (exact) mass is 380 g/mol. The molecular formula is C16H24N6O3S. The number of aliphatic imine (C=N–C) groups is 2. The van der Waals surface area contributed by atoms with Crippen LogP contribution in [0.25, 0.3) is 0 Å². The molecule has 1 aromatic rings. The second kappa shape index (κ2) is 6.67. The summed E-state index contributed by atoms with van der Waals surface area (Å²) in [6, 6.07) is 5.13. The van der Waals surface area contributed by atoms with Crippen LogP contribution < -0.4 is 25.8 Å². The summed E-state index contributed by atoms with van der Waals surface area (Å²) in [5.41, 5.74) is 12.6. The topological polar surface area (TPSA) is 135 Å². The van der Waals surface area contributed by atoms with E-state index in [0.29, 0.717) is 11.4 Å². The lowest BCUT2D eigenvalue weighted by molar-refractivity contribution is 0.305. The second-order valence-electron chi connectivity index (χ2n) is 6.58. The van der Waals surface area contributed by atoms with E-state index in [-0.39, 0.29) is 11.9 Å². The molecular weight excluding hydrogens is 356 g/mol. The third-order valence-corrected chi connectivity index (χ3v) is 5.18. The van der Waals surface area contributed by atoms with Gasteiger partial charge in [0.15, 0.2) is 0 Å². The van der Waals surface area contributed by atoms with Crippen LogP contribution >= 0.6 is 0 Å². The molecule has 0 radical (unpaired) electrons. The van der Waals surface area contributed by atoms with Crippen molar-refractivity contribution in [3.63, 3.8) is 0 Å². The van der Waals surface area contributed by atoms with Crippen molar-refractivity contribution in [2.75, 3.05) is 23.0 Å². The maximum absolute atomic E-state index is 11.5. The van der Waals surface area contributed by atoms with Gasteiger partial charge < -0.3 is 16.2 Å². The number of nitrogens with two attached hydrogens (primary N) is 2. The van der Waals surface area contributed by atoms with Crippen LogP contribution in [-0.2, 0) is 10.0 Å². The average Bonchev–Trinajstić information content (AvgIpc) is 2.54. The van der Waals surface area contributed by atoms with Gasteiger partial charge in [-0.25, -0.2) is 13.4 Å². The number of guanidine groups is 2. The molecule has 5 N–H and O–H groups in total. The number of nitrogens with one attached hydrogen (secondary N) is 1. The summed E-state index contributed by atoms with van der Waals surface area (Å²) in [5, 5.41) is 0. The van der Waals surface area contributed by atoms with E-state index in [1.54, 1.807) is 18.2 Å². The highest BCUT2D eigenvalue weighted by Crippen LogP contribution is 2.41. The molecule has 1 saturated carbocycles. The highest BCUT2D eigenvalue weighted by atomic mass is 32.2. The summed E-state index contributed by atoms with van der Waals surface area (Å²) >= 11 is 0. The molecule has 1 heterocycles. The Hall–Kier alpha value is -2.49. The molecule has 0 atom stereocenters. The summed E-state index contributed by atoms with van der Waals surface area (Å²) in [6.07, 6.45) is 5.90. The van der Waals surface area contributed by atoms with Crippen molar-refractivity contribution in [2.24, 2.45) is 21.5 Å². The lowest BCUT2D eigenvalue weighted by Gasteiger charge is -2.45. The number of anilines is 2. The predicted octanol–water partition coefficient (Wildman–Crippen LogP) is 1.18. The zero-order chi connectivity index (χ0) is 18.9.